The van der Waals surface area contributed by atoms with E-state index in [2.05, 4.69) is 6.92 Å². The van der Waals surface area contributed by atoms with Crippen molar-refractivity contribution < 1.29 is 4.74 Å². The first-order valence-electron chi connectivity index (χ1n) is 7.55. The Labute approximate surface area is 101 Å². The summed E-state index contributed by atoms with van der Waals surface area (Å²) in [5.41, 5.74) is 0.341. The van der Waals surface area contributed by atoms with Gasteiger partial charge in [-0.1, -0.05) is 64.7 Å². The molecule has 1 nitrogen and oxygen atoms in total. The molecule has 2 fully saturated rings. The highest BCUT2D eigenvalue weighted by atomic mass is 16.6. The minimum Gasteiger partial charge on any atom is -0.366 e. The van der Waals surface area contributed by atoms with Gasteiger partial charge in [0.05, 0.1) is 11.7 Å². The Morgan fingerprint density at radius 2 is 1.56 bits per heavy atom. The minimum absolute atomic E-state index is 0.341. The molecule has 0 aromatic carbocycles. The van der Waals surface area contributed by atoms with Crippen LogP contribution >= 0.6 is 0 Å². The summed E-state index contributed by atoms with van der Waals surface area (Å²) in [6.45, 7) is 2.30. The number of ether oxygens (including phenoxy) is 1. The van der Waals surface area contributed by atoms with Crippen molar-refractivity contribution in [2.24, 2.45) is 0 Å². The minimum atomic E-state index is 0.341. The van der Waals surface area contributed by atoms with Crippen LogP contribution in [0.25, 0.3) is 0 Å². The van der Waals surface area contributed by atoms with Gasteiger partial charge in [-0.2, -0.15) is 0 Å². The largest absolute Gasteiger partial charge is 0.366 e. The highest BCUT2D eigenvalue weighted by Gasteiger charge is 2.53. The molecule has 0 spiro atoms. The SMILES string of the molecule is CCCC12CCCCCCCCCCC1O2. The van der Waals surface area contributed by atoms with Crippen molar-refractivity contribution in [1.82, 2.24) is 0 Å². The van der Waals surface area contributed by atoms with Gasteiger partial charge in [0.2, 0.25) is 0 Å². The monoisotopic (exact) mass is 224 g/mol. The molecule has 0 aromatic heterocycles. The van der Waals surface area contributed by atoms with Gasteiger partial charge in [-0.3, -0.25) is 0 Å². The molecule has 94 valence electrons. The van der Waals surface area contributed by atoms with Gasteiger partial charge in [-0.15, -0.1) is 0 Å². The van der Waals surface area contributed by atoms with Crippen molar-refractivity contribution in [1.29, 1.82) is 0 Å². The molecule has 2 aliphatic rings. The normalized spacial score (nSPS) is 36.9. The molecule has 0 radical (unpaired) electrons. The topological polar surface area (TPSA) is 12.5 Å². The van der Waals surface area contributed by atoms with Gasteiger partial charge in [0, 0.05) is 0 Å². The van der Waals surface area contributed by atoms with Gasteiger partial charge in [-0.05, 0) is 19.3 Å². The van der Waals surface area contributed by atoms with E-state index in [9.17, 15) is 0 Å². The molecule has 1 aliphatic heterocycles. The van der Waals surface area contributed by atoms with Gasteiger partial charge in [0.15, 0.2) is 0 Å². The fourth-order valence-electron chi connectivity index (χ4n) is 3.37. The average Bonchev–Trinajstić information content (AvgIpc) is 2.92. The number of hydrogen-bond donors (Lipinski definition) is 0. The van der Waals surface area contributed by atoms with Crippen LogP contribution in [-0.4, -0.2) is 11.7 Å². The Balaban J connectivity index is 1.80. The summed E-state index contributed by atoms with van der Waals surface area (Å²) in [5.74, 6) is 0. The second kappa shape index (κ2) is 6.05. The van der Waals surface area contributed by atoms with Gasteiger partial charge >= 0.3 is 0 Å². The standard InChI is InChI=1S/C15H28O/c1-2-12-15-13-10-8-6-4-3-5-7-9-11-14(15)16-15/h14H,2-13H2,1H3. The lowest BCUT2D eigenvalue weighted by atomic mass is 9.89. The Hall–Kier alpha value is -0.0400. The van der Waals surface area contributed by atoms with Crippen molar-refractivity contribution in [3.8, 4) is 0 Å². The van der Waals surface area contributed by atoms with E-state index in [1.807, 2.05) is 0 Å². The van der Waals surface area contributed by atoms with Crippen LogP contribution in [0, 0.1) is 0 Å². The van der Waals surface area contributed by atoms with Gasteiger partial charge in [0.25, 0.3) is 0 Å². The van der Waals surface area contributed by atoms with Crippen LogP contribution in [-0.2, 0) is 4.74 Å². The molecule has 0 N–H and O–H groups in total. The highest BCUT2D eigenvalue weighted by molar-refractivity contribution is 5.01. The van der Waals surface area contributed by atoms with E-state index in [-0.39, 0.29) is 0 Å². The van der Waals surface area contributed by atoms with E-state index in [0.717, 1.165) is 0 Å². The van der Waals surface area contributed by atoms with Crippen molar-refractivity contribution in [2.75, 3.05) is 0 Å². The molecule has 2 atom stereocenters. The molecular weight excluding hydrogens is 196 g/mol. The summed E-state index contributed by atoms with van der Waals surface area (Å²) in [6.07, 6.45) is 17.4. The Bertz CT molecular complexity index is 202. The first kappa shape index (κ1) is 12.4. The number of rotatable bonds is 2. The molecule has 1 heterocycles. The lowest BCUT2D eigenvalue weighted by molar-refractivity contribution is 0.258. The van der Waals surface area contributed by atoms with E-state index >= 15 is 0 Å². The van der Waals surface area contributed by atoms with Crippen molar-refractivity contribution >= 4 is 0 Å². The summed E-state index contributed by atoms with van der Waals surface area (Å²) in [4.78, 5) is 0. The molecule has 0 amide bonds. The summed E-state index contributed by atoms with van der Waals surface area (Å²) < 4.78 is 6.06. The maximum Gasteiger partial charge on any atom is 0.0948 e. The lowest BCUT2D eigenvalue weighted by Crippen LogP contribution is -2.15. The highest BCUT2D eigenvalue weighted by Crippen LogP contribution is 2.47. The second-order valence-electron chi connectivity index (χ2n) is 5.79. The summed E-state index contributed by atoms with van der Waals surface area (Å²) in [6, 6.07) is 0. The zero-order valence-corrected chi connectivity index (χ0v) is 11.0. The first-order chi connectivity index (χ1) is 7.87. The molecular formula is C15H28O. The zero-order valence-electron chi connectivity index (χ0n) is 11.0. The van der Waals surface area contributed by atoms with E-state index in [0.29, 0.717) is 11.7 Å². The molecule has 1 heteroatoms. The smallest absolute Gasteiger partial charge is 0.0948 e. The van der Waals surface area contributed by atoms with Gasteiger partial charge in [-0.25, -0.2) is 0 Å². The van der Waals surface area contributed by atoms with Crippen molar-refractivity contribution in [3.05, 3.63) is 0 Å². The zero-order chi connectivity index (χ0) is 11.3. The molecule has 2 rings (SSSR count). The molecule has 0 aromatic rings. The van der Waals surface area contributed by atoms with E-state index in [1.54, 1.807) is 0 Å². The number of fused-ring (bicyclic) bond motifs is 1. The quantitative estimate of drug-likeness (QED) is 0.611. The number of epoxide rings is 1. The average molecular weight is 224 g/mol. The molecule has 2 unspecified atom stereocenters. The van der Waals surface area contributed by atoms with Crippen molar-refractivity contribution in [3.63, 3.8) is 0 Å². The van der Waals surface area contributed by atoms with Crippen LogP contribution in [0.2, 0.25) is 0 Å². The number of hydrogen-bond acceptors (Lipinski definition) is 1. The van der Waals surface area contributed by atoms with Gasteiger partial charge in [0.1, 0.15) is 0 Å². The van der Waals surface area contributed by atoms with Crippen LogP contribution in [0.3, 0.4) is 0 Å². The summed E-state index contributed by atoms with van der Waals surface area (Å²) in [5, 5.41) is 0. The molecule has 0 bridgehead atoms. The second-order valence-corrected chi connectivity index (χ2v) is 5.79. The van der Waals surface area contributed by atoms with Crippen LogP contribution in [0.15, 0.2) is 0 Å². The van der Waals surface area contributed by atoms with E-state index < -0.39 is 0 Å². The molecule has 1 saturated carbocycles. The molecule has 16 heavy (non-hydrogen) atoms. The molecule has 1 aliphatic carbocycles. The van der Waals surface area contributed by atoms with Crippen molar-refractivity contribution in [2.45, 2.75) is 95.7 Å². The Kier molecular flexibility index (Phi) is 4.69. The Morgan fingerprint density at radius 1 is 0.938 bits per heavy atom. The third-order valence-electron chi connectivity index (χ3n) is 4.40. The first-order valence-corrected chi connectivity index (χ1v) is 7.55. The van der Waals surface area contributed by atoms with Crippen LogP contribution in [0.1, 0.15) is 84.0 Å². The third kappa shape index (κ3) is 3.23. The predicted molar refractivity (Wildman–Crippen MR) is 68.7 cm³/mol. The van der Waals surface area contributed by atoms with E-state index in [1.165, 1.54) is 77.0 Å². The maximum atomic E-state index is 6.06. The summed E-state index contributed by atoms with van der Waals surface area (Å²) in [7, 11) is 0. The fraction of sp³-hybridized carbons (Fsp3) is 1.00. The van der Waals surface area contributed by atoms with Crippen LogP contribution in [0.5, 0.6) is 0 Å². The van der Waals surface area contributed by atoms with Gasteiger partial charge < -0.3 is 4.74 Å². The fourth-order valence-corrected chi connectivity index (χ4v) is 3.37. The Morgan fingerprint density at radius 3 is 2.25 bits per heavy atom. The molecule has 1 saturated heterocycles. The van der Waals surface area contributed by atoms with Crippen LogP contribution in [0.4, 0.5) is 0 Å². The predicted octanol–water partition coefficient (Wildman–Crippen LogP) is 4.84. The summed E-state index contributed by atoms with van der Waals surface area (Å²) >= 11 is 0. The lowest BCUT2D eigenvalue weighted by Gasteiger charge is -2.13. The van der Waals surface area contributed by atoms with Crippen LogP contribution < -0.4 is 0 Å². The third-order valence-corrected chi connectivity index (χ3v) is 4.40. The van der Waals surface area contributed by atoms with E-state index in [4.69, 9.17) is 4.74 Å². The maximum absolute atomic E-state index is 6.06.